The first kappa shape index (κ1) is 42.6. The lowest BCUT2D eigenvalue weighted by molar-refractivity contribution is -0.144. The molecule has 0 aliphatic rings. The van der Waals surface area contributed by atoms with Crippen molar-refractivity contribution in [3.63, 3.8) is 0 Å². The van der Waals surface area contributed by atoms with Crippen LogP contribution in [0.15, 0.2) is 24.3 Å². The number of carbonyl (C=O) groups is 8. The van der Waals surface area contributed by atoms with E-state index in [2.05, 4.69) is 31.9 Å². The van der Waals surface area contributed by atoms with Gasteiger partial charge in [0, 0.05) is 6.42 Å². The Morgan fingerprint density at radius 2 is 1.10 bits per heavy atom. The average Bonchev–Trinajstić information content (AvgIpc) is 3.05. The van der Waals surface area contributed by atoms with Crippen LogP contribution in [0.3, 0.4) is 0 Å². The zero-order valence-corrected chi connectivity index (χ0v) is 27.5. The van der Waals surface area contributed by atoms with E-state index in [-0.39, 0.29) is 12.2 Å². The number of phenols is 1. The number of aliphatic carboxylic acids is 1. The molecule has 0 bridgehead atoms. The van der Waals surface area contributed by atoms with Crippen LogP contribution in [0.4, 0.5) is 0 Å². The maximum Gasteiger partial charge on any atom is 0.328 e. The van der Waals surface area contributed by atoms with Crippen LogP contribution in [0.25, 0.3) is 0 Å². The lowest BCUT2D eigenvalue weighted by atomic mass is 10.0. The summed E-state index contributed by atoms with van der Waals surface area (Å²) >= 11 is 0. The third kappa shape index (κ3) is 15.2. The van der Waals surface area contributed by atoms with Crippen molar-refractivity contribution in [3.05, 3.63) is 29.8 Å². The highest BCUT2D eigenvalue weighted by Gasteiger charge is 2.31. The molecule has 21 nitrogen and oxygen atoms in total. The summed E-state index contributed by atoms with van der Waals surface area (Å²) in [6.45, 7) is 0.562. The fraction of sp³-hybridized carbons (Fsp3) is 0.517. The van der Waals surface area contributed by atoms with Gasteiger partial charge in [-0.25, -0.2) is 4.79 Å². The summed E-state index contributed by atoms with van der Waals surface area (Å²) in [5.74, 6) is -8.08. The highest BCUT2D eigenvalue weighted by molar-refractivity contribution is 5.96. The van der Waals surface area contributed by atoms with Crippen LogP contribution in [-0.4, -0.2) is 142 Å². The van der Waals surface area contributed by atoms with Crippen molar-refractivity contribution >= 4 is 47.3 Å². The van der Waals surface area contributed by atoms with Gasteiger partial charge in [0.2, 0.25) is 41.4 Å². The Kier molecular flexibility index (Phi) is 17.8. The van der Waals surface area contributed by atoms with Crippen molar-refractivity contribution < 1.29 is 63.9 Å². The van der Waals surface area contributed by atoms with Crippen molar-refractivity contribution in [2.45, 2.75) is 69.6 Å². The van der Waals surface area contributed by atoms with E-state index in [1.807, 2.05) is 5.32 Å². The predicted octanol–water partition coefficient (Wildman–Crippen LogP) is -6.59. The number of carboxylic acid groups (broad SMARTS) is 1. The number of phenolic OH excluding ortho intramolecular Hbond substituents is 1. The molecule has 0 aromatic heterocycles. The van der Waals surface area contributed by atoms with E-state index < -0.39 is 116 Å². The zero-order chi connectivity index (χ0) is 38.1. The number of aliphatic hydroxyl groups is 3. The van der Waals surface area contributed by atoms with E-state index in [4.69, 9.17) is 10.8 Å². The van der Waals surface area contributed by atoms with Gasteiger partial charge < -0.3 is 68.5 Å². The number of rotatable bonds is 20. The fourth-order valence-electron chi connectivity index (χ4n) is 3.93. The van der Waals surface area contributed by atoms with Crippen LogP contribution in [-0.2, 0) is 44.8 Å². The summed E-state index contributed by atoms with van der Waals surface area (Å²) in [5.41, 5.74) is 5.95. The highest BCUT2D eigenvalue weighted by Crippen LogP contribution is 2.11. The van der Waals surface area contributed by atoms with Crippen LogP contribution >= 0.6 is 0 Å². The number of nitrogens with two attached hydrogens (primary N) is 1. The monoisotopic (exact) mass is 712 g/mol. The van der Waals surface area contributed by atoms with E-state index in [1.54, 1.807) is 0 Å². The predicted molar refractivity (Wildman–Crippen MR) is 170 cm³/mol. The molecule has 0 aliphatic heterocycles. The van der Waals surface area contributed by atoms with Gasteiger partial charge in [-0.2, -0.15) is 0 Å². The third-order valence-electron chi connectivity index (χ3n) is 6.67. The summed E-state index contributed by atoms with van der Waals surface area (Å²) in [6.07, 6.45) is -3.13. The minimum Gasteiger partial charge on any atom is -0.508 e. The molecule has 0 spiro atoms. The molecule has 50 heavy (non-hydrogen) atoms. The first-order valence-corrected chi connectivity index (χ1v) is 15.1. The minimum atomic E-state index is -1.71. The molecule has 1 aromatic carbocycles. The summed E-state index contributed by atoms with van der Waals surface area (Å²) in [7, 11) is 0. The van der Waals surface area contributed by atoms with Crippen LogP contribution in [0.1, 0.15) is 26.3 Å². The molecule has 7 amide bonds. The molecule has 0 saturated carbocycles. The van der Waals surface area contributed by atoms with Gasteiger partial charge in [0.1, 0.15) is 23.9 Å². The van der Waals surface area contributed by atoms with Crippen LogP contribution < -0.4 is 43.0 Å². The van der Waals surface area contributed by atoms with Gasteiger partial charge in [0.05, 0.1) is 44.5 Å². The Morgan fingerprint density at radius 1 is 0.640 bits per heavy atom. The highest BCUT2D eigenvalue weighted by atomic mass is 16.4. The van der Waals surface area contributed by atoms with Gasteiger partial charge >= 0.3 is 5.97 Å². The number of hydrogen-bond acceptors (Lipinski definition) is 13. The van der Waals surface area contributed by atoms with Crippen LogP contribution in [0.5, 0.6) is 5.75 Å². The second kappa shape index (κ2) is 20.9. The molecule has 7 atom stereocenters. The molecular weight excluding hydrogens is 668 g/mol. The molecular formula is C29H44N8O13. The lowest BCUT2D eigenvalue weighted by Gasteiger charge is -2.24. The number of nitrogens with one attached hydrogen (secondary N) is 7. The fourth-order valence-corrected chi connectivity index (χ4v) is 3.93. The number of carboxylic acids is 1. The topological polar surface area (TPSA) is 348 Å². The van der Waals surface area contributed by atoms with Crippen molar-refractivity contribution in [3.8, 4) is 5.75 Å². The van der Waals surface area contributed by atoms with Gasteiger partial charge in [0.25, 0.3) is 0 Å². The largest absolute Gasteiger partial charge is 0.508 e. The summed E-state index contributed by atoms with van der Waals surface area (Å²) in [4.78, 5) is 98.2. The van der Waals surface area contributed by atoms with Gasteiger partial charge in [-0.05, 0) is 38.5 Å². The van der Waals surface area contributed by atoms with E-state index in [0.29, 0.717) is 5.56 Å². The van der Waals surface area contributed by atoms with Gasteiger partial charge in [-0.15, -0.1) is 0 Å². The van der Waals surface area contributed by atoms with Gasteiger partial charge in [-0.1, -0.05) is 12.1 Å². The molecule has 1 rings (SSSR count). The maximum atomic E-state index is 13.0. The van der Waals surface area contributed by atoms with Crippen molar-refractivity contribution in [1.29, 1.82) is 0 Å². The summed E-state index contributed by atoms with van der Waals surface area (Å²) < 4.78 is 0. The smallest absolute Gasteiger partial charge is 0.328 e. The number of carbonyl (C=O) groups excluding carboxylic acids is 7. The number of aliphatic hydroxyl groups excluding tert-OH is 3. The normalized spacial score (nSPS) is 14.9. The maximum absolute atomic E-state index is 13.0. The molecule has 0 saturated heterocycles. The third-order valence-corrected chi connectivity index (χ3v) is 6.67. The van der Waals surface area contributed by atoms with E-state index in [0.717, 1.165) is 13.8 Å². The van der Waals surface area contributed by atoms with Crippen molar-refractivity contribution in [1.82, 2.24) is 37.2 Å². The minimum absolute atomic E-state index is 0.0519. The quantitative estimate of drug-likeness (QED) is 0.0598. The summed E-state index contributed by atoms with van der Waals surface area (Å²) in [5, 5.41) is 63.0. The Labute approximate surface area is 285 Å². The zero-order valence-electron chi connectivity index (χ0n) is 27.5. The Hall–Kier alpha value is -5.38. The van der Waals surface area contributed by atoms with E-state index in [1.165, 1.54) is 31.2 Å². The summed E-state index contributed by atoms with van der Waals surface area (Å²) in [6, 6.07) is -1.59. The molecule has 14 N–H and O–H groups in total. The van der Waals surface area contributed by atoms with Gasteiger partial charge in [-0.3, -0.25) is 33.6 Å². The number of hydrogen-bond donors (Lipinski definition) is 13. The molecule has 0 unspecified atom stereocenters. The second-order valence-electron chi connectivity index (χ2n) is 11.1. The molecule has 0 heterocycles. The Balaban J connectivity index is 2.83. The number of benzene rings is 1. The molecule has 1 aromatic rings. The van der Waals surface area contributed by atoms with Crippen LogP contribution in [0, 0.1) is 0 Å². The Morgan fingerprint density at radius 3 is 1.56 bits per heavy atom. The standard InChI is InChI=1S/C29H44N8O13/c1-13(30)25(45)31-9-20(42)34-18(8-16-4-6-17(41)7-5-16)26(46)32-10-21(43)35-19(12-38)27(47)37-23(14(2)39)28(48)33-11-22(44)36-24(15(3)40)29(49)50/h4-7,13-15,18-19,23-24,38-41H,8-12,30H2,1-3H3,(H,31,45)(H,32,46)(H,33,48)(H,34,42)(H,35,43)(H,36,44)(H,37,47)(H,49,50)/t13-,14+,15+,18-,19-,23-,24-/m0/s1. The molecule has 278 valence electrons. The molecule has 0 fully saturated rings. The van der Waals surface area contributed by atoms with Crippen molar-refractivity contribution in [2.75, 3.05) is 26.2 Å². The van der Waals surface area contributed by atoms with Crippen molar-refractivity contribution in [2.24, 2.45) is 5.73 Å². The first-order valence-electron chi connectivity index (χ1n) is 15.1. The number of aromatic hydroxyl groups is 1. The Bertz CT molecular complexity index is 1370. The van der Waals surface area contributed by atoms with Crippen LogP contribution in [0.2, 0.25) is 0 Å². The number of amides is 7. The first-order chi connectivity index (χ1) is 23.4. The molecule has 0 radical (unpaired) electrons. The van der Waals surface area contributed by atoms with E-state index in [9.17, 15) is 58.8 Å². The second-order valence-corrected chi connectivity index (χ2v) is 11.1. The molecule has 0 aliphatic carbocycles. The average molecular weight is 713 g/mol. The van der Waals surface area contributed by atoms with E-state index >= 15 is 0 Å². The molecule has 21 heteroatoms. The van der Waals surface area contributed by atoms with Gasteiger partial charge in [0.15, 0.2) is 6.04 Å². The SMILES string of the molecule is C[C@H](N)C(=O)NCC(=O)N[C@@H](Cc1ccc(O)cc1)C(=O)NCC(=O)N[C@@H](CO)C(=O)N[C@H](C(=O)NCC(=O)N[C@H](C(=O)O)[C@@H](C)O)[C@@H](C)O. The lowest BCUT2D eigenvalue weighted by Crippen LogP contribution is -2.59.